The highest BCUT2D eigenvalue weighted by atomic mass is 16.3. The minimum Gasteiger partial charge on any atom is -0.472 e. The standard InChI is InChI=1S/C23H23N5O2/c29-21(18-8-14-30-16-18)28-12-9-23(10-13-28)22(25-15-17-5-2-1-3-6-17)26-20-19(27-23)7-4-11-24-20/h1-8,11,14,16,27H,9-10,12-13,15H2,(H,24,25,26). The molecule has 1 amide bonds. The average molecular weight is 401 g/mol. The second-order valence-corrected chi connectivity index (χ2v) is 7.69. The van der Waals surface area contributed by atoms with Crippen LogP contribution in [-0.2, 0) is 6.54 Å². The van der Waals surface area contributed by atoms with Gasteiger partial charge in [0, 0.05) is 19.3 Å². The number of aliphatic imine (C=N–C) groups is 1. The van der Waals surface area contributed by atoms with E-state index in [4.69, 9.17) is 9.41 Å². The van der Waals surface area contributed by atoms with Crippen molar-refractivity contribution in [2.45, 2.75) is 24.9 Å². The first-order valence-corrected chi connectivity index (χ1v) is 10.1. The van der Waals surface area contributed by atoms with E-state index in [0.29, 0.717) is 25.2 Å². The number of amides is 1. The quantitative estimate of drug-likeness (QED) is 0.698. The predicted molar refractivity (Wildman–Crippen MR) is 116 cm³/mol. The van der Waals surface area contributed by atoms with E-state index in [1.165, 1.54) is 12.5 Å². The summed E-state index contributed by atoms with van der Waals surface area (Å²) >= 11 is 0. The molecule has 7 nitrogen and oxygen atoms in total. The lowest BCUT2D eigenvalue weighted by Gasteiger charge is -2.46. The van der Waals surface area contributed by atoms with Gasteiger partial charge in [-0.05, 0) is 36.6 Å². The molecule has 4 heterocycles. The lowest BCUT2D eigenvalue weighted by molar-refractivity contribution is 0.0704. The number of carbonyl (C=O) groups excluding carboxylic acids is 1. The normalized spacial score (nSPS) is 18.5. The van der Waals surface area contributed by atoms with Gasteiger partial charge in [-0.3, -0.25) is 9.79 Å². The van der Waals surface area contributed by atoms with Gasteiger partial charge >= 0.3 is 0 Å². The van der Waals surface area contributed by atoms with Crippen molar-refractivity contribution in [1.29, 1.82) is 0 Å². The Bertz CT molecular complexity index is 1050. The summed E-state index contributed by atoms with van der Waals surface area (Å²) in [6.45, 7) is 1.86. The van der Waals surface area contributed by atoms with Gasteiger partial charge in [0.1, 0.15) is 12.1 Å². The number of piperidine rings is 1. The lowest BCUT2D eigenvalue weighted by atomic mass is 9.84. The van der Waals surface area contributed by atoms with E-state index >= 15 is 0 Å². The number of pyridine rings is 1. The van der Waals surface area contributed by atoms with Gasteiger partial charge in [-0.1, -0.05) is 30.3 Å². The number of anilines is 2. The van der Waals surface area contributed by atoms with E-state index in [2.05, 4.69) is 27.8 Å². The Morgan fingerprint density at radius 2 is 1.97 bits per heavy atom. The number of rotatable bonds is 3. The van der Waals surface area contributed by atoms with Crippen molar-refractivity contribution in [3.05, 3.63) is 78.4 Å². The van der Waals surface area contributed by atoms with Crippen LogP contribution in [0.1, 0.15) is 28.8 Å². The smallest absolute Gasteiger partial charge is 0.257 e. The molecule has 1 saturated heterocycles. The van der Waals surface area contributed by atoms with E-state index in [9.17, 15) is 4.79 Å². The number of aromatic nitrogens is 1. The number of nitrogens with one attached hydrogen (secondary N) is 2. The molecule has 0 unspecified atom stereocenters. The van der Waals surface area contributed by atoms with Crippen molar-refractivity contribution in [3.63, 3.8) is 0 Å². The fourth-order valence-corrected chi connectivity index (χ4v) is 4.12. The van der Waals surface area contributed by atoms with Crippen molar-refractivity contribution >= 4 is 23.2 Å². The lowest BCUT2D eigenvalue weighted by Crippen LogP contribution is -2.59. The first-order valence-electron chi connectivity index (χ1n) is 10.1. The predicted octanol–water partition coefficient (Wildman–Crippen LogP) is 3.79. The Labute approximate surface area is 174 Å². The summed E-state index contributed by atoms with van der Waals surface area (Å²) in [4.78, 5) is 24.0. The summed E-state index contributed by atoms with van der Waals surface area (Å²) in [6.07, 6.45) is 6.31. The van der Waals surface area contributed by atoms with Crippen LogP contribution in [0.2, 0.25) is 0 Å². The molecule has 152 valence electrons. The van der Waals surface area contributed by atoms with Crippen LogP contribution >= 0.6 is 0 Å². The molecular formula is C23H23N5O2. The fraction of sp³-hybridized carbons (Fsp3) is 0.261. The number of amidine groups is 1. The molecule has 5 rings (SSSR count). The van der Waals surface area contributed by atoms with E-state index in [0.717, 1.165) is 35.7 Å². The van der Waals surface area contributed by atoms with Crippen LogP contribution in [0.4, 0.5) is 11.5 Å². The summed E-state index contributed by atoms with van der Waals surface area (Å²) in [5.74, 6) is 1.67. The first kappa shape index (κ1) is 18.4. The molecular weight excluding hydrogens is 378 g/mol. The van der Waals surface area contributed by atoms with Gasteiger partial charge < -0.3 is 20.0 Å². The van der Waals surface area contributed by atoms with E-state index in [-0.39, 0.29) is 11.4 Å². The molecule has 30 heavy (non-hydrogen) atoms. The van der Waals surface area contributed by atoms with Gasteiger partial charge in [-0.25, -0.2) is 4.98 Å². The maximum Gasteiger partial charge on any atom is 0.257 e. The molecule has 0 radical (unpaired) electrons. The summed E-state index contributed by atoms with van der Waals surface area (Å²) in [7, 11) is 0. The first-order chi connectivity index (χ1) is 14.7. The number of fused-ring (bicyclic) bond motifs is 1. The maximum absolute atomic E-state index is 12.7. The minimum absolute atomic E-state index is 0.00668. The van der Waals surface area contributed by atoms with Crippen LogP contribution in [0, 0.1) is 0 Å². The Kier molecular flexibility index (Phi) is 4.71. The van der Waals surface area contributed by atoms with Crippen molar-refractivity contribution in [1.82, 2.24) is 9.88 Å². The van der Waals surface area contributed by atoms with Crippen LogP contribution in [0.25, 0.3) is 0 Å². The third-order valence-electron chi connectivity index (χ3n) is 5.81. The number of nitrogens with zero attached hydrogens (tertiary/aromatic N) is 3. The fourth-order valence-electron chi connectivity index (χ4n) is 4.12. The molecule has 2 aliphatic rings. The molecule has 1 fully saturated rings. The zero-order chi connectivity index (χ0) is 20.4. The molecule has 0 aliphatic carbocycles. The molecule has 0 bridgehead atoms. The molecule has 3 aromatic rings. The second kappa shape index (κ2) is 7.67. The highest BCUT2D eigenvalue weighted by molar-refractivity contribution is 6.08. The number of likely N-dealkylation sites (tertiary alicyclic amines) is 1. The van der Waals surface area contributed by atoms with Crippen molar-refractivity contribution in [2.24, 2.45) is 4.99 Å². The highest BCUT2D eigenvalue weighted by Crippen LogP contribution is 2.36. The molecule has 0 atom stereocenters. The number of furan rings is 1. The highest BCUT2D eigenvalue weighted by Gasteiger charge is 2.43. The number of hydrogen-bond donors (Lipinski definition) is 2. The monoisotopic (exact) mass is 401 g/mol. The van der Waals surface area contributed by atoms with E-state index < -0.39 is 0 Å². The molecule has 0 saturated carbocycles. The SMILES string of the molecule is O=C(c1ccoc1)N1CCC2(CC1)Nc1cccnc1NC2=NCc1ccccc1. The van der Waals surface area contributed by atoms with Crippen LogP contribution in [0.5, 0.6) is 0 Å². The number of benzene rings is 1. The average Bonchev–Trinajstić information content (AvgIpc) is 3.33. The number of carbonyl (C=O) groups is 1. The van der Waals surface area contributed by atoms with E-state index in [1.807, 2.05) is 35.2 Å². The zero-order valence-electron chi connectivity index (χ0n) is 16.5. The van der Waals surface area contributed by atoms with Crippen molar-refractivity contribution in [2.75, 3.05) is 23.7 Å². The molecule has 1 aromatic carbocycles. The van der Waals surface area contributed by atoms with Crippen LogP contribution < -0.4 is 10.6 Å². The van der Waals surface area contributed by atoms with Gasteiger partial charge in [0.05, 0.1) is 29.6 Å². The Morgan fingerprint density at radius 1 is 1.13 bits per heavy atom. The number of hydrogen-bond acceptors (Lipinski definition) is 5. The van der Waals surface area contributed by atoms with Crippen LogP contribution in [0.3, 0.4) is 0 Å². The third kappa shape index (κ3) is 3.43. The molecule has 1 spiro atoms. The molecule has 2 aromatic heterocycles. The van der Waals surface area contributed by atoms with Crippen molar-refractivity contribution in [3.8, 4) is 0 Å². The van der Waals surface area contributed by atoms with Crippen molar-refractivity contribution < 1.29 is 9.21 Å². The van der Waals surface area contributed by atoms with Crippen LogP contribution in [-0.4, -0.2) is 40.3 Å². The van der Waals surface area contributed by atoms with Gasteiger partial charge in [0.15, 0.2) is 5.82 Å². The molecule has 2 aliphatic heterocycles. The maximum atomic E-state index is 12.7. The topological polar surface area (TPSA) is 82.8 Å². The van der Waals surface area contributed by atoms with Gasteiger partial charge in [-0.2, -0.15) is 0 Å². The van der Waals surface area contributed by atoms with Crippen LogP contribution in [0.15, 0.2) is 76.7 Å². The van der Waals surface area contributed by atoms with E-state index in [1.54, 1.807) is 12.3 Å². The summed E-state index contributed by atoms with van der Waals surface area (Å²) in [5.41, 5.74) is 2.36. The minimum atomic E-state index is -0.349. The summed E-state index contributed by atoms with van der Waals surface area (Å²) in [6, 6.07) is 15.9. The molecule has 7 heteroatoms. The van der Waals surface area contributed by atoms with Gasteiger partial charge in [0.25, 0.3) is 5.91 Å². The largest absolute Gasteiger partial charge is 0.472 e. The zero-order valence-corrected chi connectivity index (χ0v) is 16.5. The second-order valence-electron chi connectivity index (χ2n) is 7.69. The summed E-state index contributed by atoms with van der Waals surface area (Å²) in [5, 5.41) is 7.14. The summed E-state index contributed by atoms with van der Waals surface area (Å²) < 4.78 is 5.07. The molecule has 2 N–H and O–H groups in total. The van der Waals surface area contributed by atoms with Gasteiger partial charge in [0.2, 0.25) is 0 Å². The Balaban J connectivity index is 1.40. The Morgan fingerprint density at radius 3 is 2.73 bits per heavy atom. The Hall–Kier alpha value is -3.61. The van der Waals surface area contributed by atoms with Gasteiger partial charge in [-0.15, -0.1) is 0 Å². The third-order valence-corrected chi connectivity index (χ3v) is 5.81.